The summed E-state index contributed by atoms with van der Waals surface area (Å²) in [5.41, 5.74) is 8.11. The van der Waals surface area contributed by atoms with E-state index >= 15 is 0 Å². The lowest BCUT2D eigenvalue weighted by Gasteiger charge is -2.17. The Morgan fingerprint density at radius 3 is 2.75 bits per heavy atom. The standard InChI is InChI=1S/C15H19N3OS/c1-10-5-6-11(20-2)9-12(10)13-17-14(18-19-13)15(16)7-3-4-8-15/h5-6,9H,3-4,7-8,16H2,1-2H3. The molecule has 106 valence electrons. The van der Waals surface area contributed by atoms with Crippen molar-refractivity contribution >= 4 is 11.8 Å². The third-order valence-electron chi connectivity index (χ3n) is 4.04. The second-order valence-corrected chi connectivity index (χ2v) is 6.35. The van der Waals surface area contributed by atoms with Crippen LogP contribution in [0, 0.1) is 6.92 Å². The van der Waals surface area contributed by atoms with Crippen LogP contribution in [-0.4, -0.2) is 16.4 Å². The highest BCUT2D eigenvalue weighted by Gasteiger charge is 2.36. The van der Waals surface area contributed by atoms with Crippen LogP contribution in [0.1, 0.15) is 37.1 Å². The summed E-state index contributed by atoms with van der Waals surface area (Å²) in [6.45, 7) is 2.05. The maximum Gasteiger partial charge on any atom is 0.258 e. The van der Waals surface area contributed by atoms with E-state index in [1.165, 1.54) is 4.90 Å². The van der Waals surface area contributed by atoms with Crippen LogP contribution in [0.3, 0.4) is 0 Å². The van der Waals surface area contributed by atoms with Gasteiger partial charge in [0.2, 0.25) is 0 Å². The van der Waals surface area contributed by atoms with Crippen molar-refractivity contribution in [2.45, 2.75) is 43.0 Å². The van der Waals surface area contributed by atoms with Gasteiger partial charge < -0.3 is 10.3 Å². The number of benzene rings is 1. The molecule has 1 saturated carbocycles. The normalized spacial score (nSPS) is 17.6. The van der Waals surface area contributed by atoms with Gasteiger partial charge in [-0.3, -0.25) is 0 Å². The summed E-state index contributed by atoms with van der Waals surface area (Å²) in [6, 6.07) is 6.27. The van der Waals surface area contributed by atoms with Gasteiger partial charge in [-0.15, -0.1) is 11.8 Å². The summed E-state index contributed by atoms with van der Waals surface area (Å²) in [5.74, 6) is 1.23. The fourth-order valence-electron chi connectivity index (χ4n) is 2.72. The molecule has 1 heterocycles. The van der Waals surface area contributed by atoms with Crippen LogP contribution in [0.5, 0.6) is 0 Å². The van der Waals surface area contributed by atoms with Crippen molar-refractivity contribution in [1.82, 2.24) is 10.1 Å². The molecule has 0 radical (unpaired) electrons. The lowest BCUT2D eigenvalue weighted by Crippen LogP contribution is -2.34. The summed E-state index contributed by atoms with van der Waals surface area (Å²) < 4.78 is 5.46. The summed E-state index contributed by atoms with van der Waals surface area (Å²) in [6.07, 6.45) is 6.22. The van der Waals surface area contributed by atoms with E-state index in [9.17, 15) is 0 Å². The molecular weight excluding hydrogens is 270 g/mol. The molecule has 0 aliphatic heterocycles. The van der Waals surface area contributed by atoms with Crippen molar-refractivity contribution in [3.8, 4) is 11.5 Å². The molecule has 3 rings (SSSR count). The molecule has 4 nitrogen and oxygen atoms in total. The quantitative estimate of drug-likeness (QED) is 0.876. The van der Waals surface area contributed by atoms with Gasteiger partial charge in [0.25, 0.3) is 5.89 Å². The van der Waals surface area contributed by atoms with Gasteiger partial charge >= 0.3 is 0 Å². The van der Waals surface area contributed by atoms with E-state index in [0.29, 0.717) is 11.7 Å². The summed E-state index contributed by atoms with van der Waals surface area (Å²) in [7, 11) is 0. The van der Waals surface area contributed by atoms with Crippen LogP contribution in [0.4, 0.5) is 0 Å². The fraction of sp³-hybridized carbons (Fsp3) is 0.467. The minimum absolute atomic E-state index is 0.396. The number of thioether (sulfide) groups is 1. The van der Waals surface area contributed by atoms with Crippen molar-refractivity contribution in [2.75, 3.05) is 6.26 Å². The maximum absolute atomic E-state index is 6.38. The SMILES string of the molecule is CSc1ccc(C)c(-c2nc(C3(N)CCCC3)no2)c1. The number of aryl methyl sites for hydroxylation is 1. The molecule has 1 aromatic heterocycles. The molecule has 5 heteroatoms. The van der Waals surface area contributed by atoms with E-state index < -0.39 is 5.54 Å². The molecule has 2 N–H and O–H groups in total. The van der Waals surface area contributed by atoms with Gasteiger partial charge in [0, 0.05) is 10.5 Å². The largest absolute Gasteiger partial charge is 0.334 e. The van der Waals surface area contributed by atoms with Crippen LogP contribution in [0.2, 0.25) is 0 Å². The average Bonchev–Trinajstić information content (AvgIpc) is 3.09. The van der Waals surface area contributed by atoms with Crippen LogP contribution < -0.4 is 5.73 Å². The average molecular weight is 289 g/mol. The van der Waals surface area contributed by atoms with Gasteiger partial charge in [-0.2, -0.15) is 4.98 Å². The zero-order chi connectivity index (χ0) is 14.2. The highest BCUT2D eigenvalue weighted by molar-refractivity contribution is 7.98. The Hall–Kier alpha value is -1.33. The van der Waals surface area contributed by atoms with Gasteiger partial charge in [0.15, 0.2) is 5.82 Å². The molecule has 1 aliphatic rings. The Labute approximate surface area is 123 Å². The Morgan fingerprint density at radius 1 is 1.30 bits per heavy atom. The molecule has 0 bridgehead atoms. The highest BCUT2D eigenvalue weighted by atomic mass is 32.2. The molecule has 0 saturated heterocycles. The van der Waals surface area contributed by atoms with E-state index in [-0.39, 0.29) is 0 Å². The van der Waals surface area contributed by atoms with E-state index in [1.807, 2.05) is 0 Å². The number of hydrogen-bond donors (Lipinski definition) is 1. The zero-order valence-electron chi connectivity index (χ0n) is 11.8. The van der Waals surface area contributed by atoms with E-state index in [1.54, 1.807) is 11.8 Å². The van der Waals surface area contributed by atoms with E-state index in [4.69, 9.17) is 10.3 Å². The summed E-state index contributed by atoms with van der Waals surface area (Å²) in [4.78, 5) is 5.75. The Bertz CT molecular complexity index is 617. The van der Waals surface area contributed by atoms with Crippen LogP contribution >= 0.6 is 11.8 Å². The lowest BCUT2D eigenvalue weighted by molar-refractivity contribution is 0.372. The first-order valence-corrected chi connectivity index (χ1v) is 8.13. The Kier molecular flexibility index (Phi) is 3.56. The molecule has 1 fully saturated rings. The lowest BCUT2D eigenvalue weighted by atomic mass is 9.98. The van der Waals surface area contributed by atoms with Gasteiger partial charge in [-0.25, -0.2) is 0 Å². The molecule has 0 atom stereocenters. The minimum Gasteiger partial charge on any atom is -0.334 e. The molecule has 1 aliphatic carbocycles. The third kappa shape index (κ3) is 2.36. The monoisotopic (exact) mass is 289 g/mol. The van der Waals surface area contributed by atoms with Crippen LogP contribution in [-0.2, 0) is 5.54 Å². The van der Waals surface area contributed by atoms with E-state index in [2.05, 4.69) is 41.5 Å². The third-order valence-corrected chi connectivity index (χ3v) is 4.77. The first-order valence-electron chi connectivity index (χ1n) is 6.90. The molecule has 1 aromatic carbocycles. The summed E-state index contributed by atoms with van der Waals surface area (Å²) >= 11 is 1.70. The number of nitrogens with zero attached hydrogens (tertiary/aromatic N) is 2. The van der Waals surface area contributed by atoms with Gasteiger partial charge in [0.05, 0.1) is 5.54 Å². The van der Waals surface area contributed by atoms with Crippen molar-refractivity contribution in [3.63, 3.8) is 0 Å². The van der Waals surface area contributed by atoms with Crippen LogP contribution in [0.25, 0.3) is 11.5 Å². The van der Waals surface area contributed by atoms with Gasteiger partial charge in [0.1, 0.15) is 0 Å². The zero-order valence-corrected chi connectivity index (χ0v) is 12.7. The number of aromatic nitrogens is 2. The van der Waals surface area contributed by atoms with Crippen molar-refractivity contribution in [1.29, 1.82) is 0 Å². The number of rotatable bonds is 3. The summed E-state index contributed by atoms with van der Waals surface area (Å²) in [5, 5.41) is 4.13. The predicted molar refractivity (Wildman–Crippen MR) is 80.6 cm³/mol. The van der Waals surface area contributed by atoms with Gasteiger partial charge in [-0.1, -0.05) is 24.1 Å². The van der Waals surface area contributed by atoms with Crippen molar-refractivity contribution in [3.05, 3.63) is 29.6 Å². The smallest absolute Gasteiger partial charge is 0.258 e. The van der Waals surface area contributed by atoms with Crippen molar-refractivity contribution in [2.24, 2.45) is 5.73 Å². The molecule has 20 heavy (non-hydrogen) atoms. The highest BCUT2D eigenvalue weighted by Crippen LogP contribution is 2.36. The topological polar surface area (TPSA) is 64.9 Å². The minimum atomic E-state index is -0.396. The number of nitrogens with two attached hydrogens (primary N) is 1. The predicted octanol–water partition coefficient (Wildman–Crippen LogP) is 3.49. The molecule has 0 amide bonds. The van der Waals surface area contributed by atoms with Crippen molar-refractivity contribution < 1.29 is 4.52 Å². The van der Waals surface area contributed by atoms with Crippen LogP contribution in [0.15, 0.2) is 27.6 Å². The molecule has 0 spiro atoms. The molecule has 2 aromatic rings. The molecule has 0 unspecified atom stereocenters. The second-order valence-electron chi connectivity index (χ2n) is 5.47. The van der Waals surface area contributed by atoms with Gasteiger partial charge in [-0.05, 0) is 43.7 Å². The maximum atomic E-state index is 6.38. The first-order chi connectivity index (χ1) is 9.62. The van der Waals surface area contributed by atoms with E-state index in [0.717, 1.165) is 36.8 Å². The number of hydrogen-bond acceptors (Lipinski definition) is 5. The fourth-order valence-corrected chi connectivity index (χ4v) is 3.16. The molecular formula is C15H19N3OS. The Morgan fingerprint density at radius 2 is 2.05 bits per heavy atom. The first kappa shape index (κ1) is 13.6. The second kappa shape index (κ2) is 5.22. The Balaban J connectivity index is 1.98.